The third-order valence-electron chi connectivity index (χ3n) is 7.10. The van der Waals surface area contributed by atoms with E-state index < -0.39 is 5.41 Å². The van der Waals surface area contributed by atoms with Crippen molar-refractivity contribution >= 4 is 17.2 Å². The molecule has 192 valence electrons. The highest BCUT2D eigenvalue weighted by Crippen LogP contribution is 2.49. The summed E-state index contributed by atoms with van der Waals surface area (Å²) in [5.41, 5.74) is 8.25. The molecule has 5 heteroatoms. The van der Waals surface area contributed by atoms with Gasteiger partial charge in [-0.3, -0.25) is 4.79 Å². The van der Waals surface area contributed by atoms with E-state index in [9.17, 15) is 4.79 Å². The number of nitrogens with one attached hydrogen (secondary N) is 1. The molecule has 4 aromatic rings. The summed E-state index contributed by atoms with van der Waals surface area (Å²) < 4.78 is 11.0. The van der Waals surface area contributed by atoms with Gasteiger partial charge in [0, 0.05) is 11.3 Å². The number of aromatic nitrogens is 1. The van der Waals surface area contributed by atoms with Crippen LogP contribution in [0.3, 0.4) is 0 Å². The fourth-order valence-electron chi connectivity index (χ4n) is 4.76. The highest BCUT2D eigenvalue weighted by molar-refractivity contribution is 5.87. The molecule has 0 saturated heterocycles. The number of hydrogen-bond acceptors (Lipinski definition) is 5. The van der Waals surface area contributed by atoms with Crippen LogP contribution in [0.1, 0.15) is 43.5 Å². The Hall–Kier alpha value is -4.38. The second-order valence-corrected chi connectivity index (χ2v) is 9.77. The van der Waals surface area contributed by atoms with Gasteiger partial charge in [0.2, 0.25) is 0 Å². The van der Waals surface area contributed by atoms with Gasteiger partial charge in [0.15, 0.2) is 5.76 Å². The van der Waals surface area contributed by atoms with Crippen molar-refractivity contribution in [2.45, 2.75) is 39.0 Å². The van der Waals surface area contributed by atoms with Crippen molar-refractivity contribution in [1.82, 2.24) is 5.16 Å². The van der Waals surface area contributed by atoms with E-state index >= 15 is 0 Å². The molecule has 5 rings (SSSR count). The first-order chi connectivity index (χ1) is 18.4. The van der Waals surface area contributed by atoms with Crippen molar-refractivity contribution in [3.05, 3.63) is 114 Å². The van der Waals surface area contributed by atoms with E-state index in [1.54, 1.807) is 0 Å². The van der Waals surface area contributed by atoms with Gasteiger partial charge in [0.1, 0.15) is 11.4 Å². The van der Waals surface area contributed by atoms with Crippen molar-refractivity contribution in [3.8, 4) is 22.5 Å². The number of allylic oxidation sites excluding steroid dienone is 2. The Morgan fingerprint density at radius 1 is 1.00 bits per heavy atom. The molecule has 38 heavy (non-hydrogen) atoms. The van der Waals surface area contributed by atoms with Crippen LogP contribution in [-0.2, 0) is 14.9 Å². The lowest BCUT2D eigenvalue weighted by atomic mass is 9.93. The molecule has 0 atom stereocenters. The van der Waals surface area contributed by atoms with E-state index in [4.69, 9.17) is 9.26 Å². The predicted molar refractivity (Wildman–Crippen MR) is 153 cm³/mol. The number of anilines is 1. The van der Waals surface area contributed by atoms with Crippen LogP contribution in [0.5, 0.6) is 0 Å². The Kier molecular flexibility index (Phi) is 7.01. The molecule has 1 aliphatic rings. The van der Waals surface area contributed by atoms with E-state index in [0.717, 1.165) is 63.3 Å². The largest absolute Gasteiger partial charge is 0.465 e. The van der Waals surface area contributed by atoms with Crippen molar-refractivity contribution in [2.75, 3.05) is 11.9 Å². The average molecular weight is 505 g/mol. The predicted octanol–water partition coefficient (Wildman–Crippen LogP) is 7.94. The second-order valence-electron chi connectivity index (χ2n) is 9.77. The van der Waals surface area contributed by atoms with E-state index in [1.165, 1.54) is 0 Å². The van der Waals surface area contributed by atoms with Gasteiger partial charge in [-0.2, -0.15) is 0 Å². The number of benzene rings is 3. The van der Waals surface area contributed by atoms with Crippen LogP contribution in [0.15, 0.2) is 102 Å². The number of nitrogens with zero attached hydrogens (tertiary/aromatic N) is 1. The molecule has 0 spiro atoms. The summed E-state index contributed by atoms with van der Waals surface area (Å²) in [6.45, 7) is 10.4. The maximum Gasteiger partial charge on any atom is 0.316 e. The minimum Gasteiger partial charge on any atom is -0.465 e. The number of ether oxygens (including phenoxy) is 1. The molecule has 0 unspecified atom stereocenters. The fourth-order valence-corrected chi connectivity index (χ4v) is 4.76. The highest BCUT2D eigenvalue weighted by Gasteiger charge is 2.52. The van der Waals surface area contributed by atoms with Crippen LogP contribution in [-0.4, -0.2) is 17.7 Å². The van der Waals surface area contributed by atoms with Crippen LogP contribution >= 0.6 is 0 Å². The molecule has 1 fully saturated rings. The van der Waals surface area contributed by atoms with Crippen LogP contribution < -0.4 is 5.32 Å². The second kappa shape index (κ2) is 10.5. The van der Waals surface area contributed by atoms with Gasteiger partial charge < -0.3 is 14.6 Å². The third kappa shape index (κ3) is 5.05. The standard InChI is InChI=1S/C33H32N2O3/c1-5-37-32(36)33(19-20-33)29-17-15-27(16-18-29)26-11-13-28(14-12-26)31-30(24(4)35-38-31)34-23(3)21-22(2)25-9-7-6-8-10-25/h6-18,21,34H,3,5,19-20H2,1-2,4H3/b22-21+. The summed E-state index contributed by atoms with van der Waals surface area (Å²) in [5, 5.41) is 7.58. The van der Waals surface area contributed by atoms with Gasteiger partial charge in [0.05, 0.1) is 12.0 Å². The maximum atomic E-state index is 12.4. The molecule has 1 aromatic heterocycles. The topological polar surface area (TPSA) is 64.4 Å². The van der Waals surface area contributed by atoms with E-state index in [1.807, 2.05) is 62.4 Å². The Morgan fingerprint density at radius 2 is 1.61 bits per heavy atom. The molecule has 0 amide bonds. The van der Waals surface area contributed by atoms with E-state index in [2.05, 4.69) is 60.4 Å². The van der Waals surface area contributed by atoms with Gasteiger partial charge >= 0.3 is 5.97 Å². The molecular weight excluding hydrogens is 472 g/mol. The van der Waals surface area contributed by atoms with Gasteiger partial charge in [0.25, 0.3) is 0 Å². The number of rotatable bonds is 9. The number of esters is 1. The molecular formula is C33H32N2O3. The Balaban J connectivity index is 1.32. The first-order valence-electron chi connectivity index (χ1n) is 13.0. The SMILES string of the molecule is C=C(/C=C(\C)c1ccccc1)Nc1c(C)noc1-c1ccc(-c2ccc(C3(C(=O)OCC)CC3)cc2)cc1. The lowest BCUT2D eigenvalue weighted by Crippen LogP contribution is -2.23. The monoisotopic (exact) mass is 504 g/mol. The Bertz CT molecular complexity index is 1480. The summed E-state index contributed by atoms with van der Waals surface area (Å²) in [6.07, 6.45) is 3.72. The molecule has 0 radical (unpaired) electrons. The van der Waals surface area contributed by atoms with Gasteiger partial charge in [-0.05, 0) is 67.5 Å². The number of hydrogen-bond donors (Lipinski definition) is 1. The molecule has 1 aliphatic carbocycles. The number of carbonyl (C=O) groups is 1. The minimum atomic E-state index is -0.454. The molecule has 5 nitrogen and oxygen atoms in total. The van der Waals surface area contributed by atoms with Crippen molar-refractivity contribution in [3.63, 3.8) is 0 Å². The van der Waals surface area contributed by atoms with Crippen molar-refractivity contribution < 1.29 is 14.1 Å². The Labute approximate surface area is 223 Å². The quantitative estimate of drug-likeness (QED) is 0.185. The van der Waals surface area contributed by atoms with Gasteiger partial charge in [-0.1, -0.05) is 90.6 Å². The smallest absolute Gasteiger partial charge is 0.316 e. The first kappa shape index (κ1) is 25.3. The molecule has 1 N–H and O–H groups in total. The number of carbonyl (C=O) groups excluding carboxylic acids is 1. The van der Waals surface area contributed by atoms with Crippen LogP contribution in [0, 0.1) is 6.92 Å². The van der Waals surface area contributed by atoms with Crippen molar-refractivity contribution in [2.24, 2.45) is 0 Å². The lowest BCUT2D eigenvalue weighted by Gasteiger charge is -2.14. The summed E-state index contributed by atoms with van der Waals surface area (Å²) in [6, 6.07) is 26.6. The van der Waals surface area contributed by atoms with Gasteiger partial charge in [-0.15, -0.1) is 0 Å². The van der Waals surface area contributed by atoms with Crippen LogP contribution in [0.4, 0.5) is 5.69 Å². The summed E-state index contributed by atoms with van der Waals surface area (Å²) in [4.78, 5) is 12.4. The minimum absolute atomic E-state index is 0.114. The zero-order chi connectivity index (χ0) is 26.7. The Morgan fingerprint density at radius 3 is 2.21 bits per heavy atom. The summed E-state index contributed by atoms with van der Waals surface area (Å²) >= 11 is 0. The summed E-state index contributed by atoms with van der Waals surface area (Å²) in [7, 11) is 0. The zero-order valence-corrected chi connectivity index (χ0v) is 22.1. The van der Waals surface area contributed by atoms with Gasteiger partial charge in [-0.25, -0.2) is 0 Å². The van der Waals surface area contributed by atoms with E-state index in [0.29, 0.717) is 12.4 Å². The maximum absolute atomic E-state index is 12.4. The van der Waals surface area contributed by atoms with E-state index in [-0.39, 0.29) is 5.97 Å². The lowest BCUT2D eigenvalue weighted by molar-refractivity contribution is -0.146. The molecule has 0 aliphatic heterocycles. The third-order valence-corrected chi connectivity index (χ3v) is 7.10. The molecule has 1 heterocycles. The van der Waals surface area contributed by atoms with Crippen LogP contribution in [0.25, 0.3) is 28.0 Å². The molecule has 0 bridgehead atoms. The highest BCUT2D eigenvalue weighted by atomic mass is 16.5. The normalized spacial score (nSPS) is 14.1. The molecule has 1 saturated carbocycles. The fraction of sp³-hybridized carbons (Fsp3) is 0.212. The molecule has 3 aromatic carbocycles. The van der Waals surface area contributed by atoms with Crippen molar-refractivity contribution in [1.29, 1.82) is 0 Å². The zero-order valence-electron chi connectivity index (χ0n) is 22.1. The van der Waals surface area contributed by atoms with Crippen LogP contribution in [0.2, 0.25) is 0 Å². The first-order valence-corrected chi connectivity index (χ1v) is 13.0. The number of aryl methyl sites for hydroxylation is 1. The average Bonchev–Trinajstić information content (AvgIpc) is 3.68. The summed E-state index contributed by atoms with van der Waals surface area (Å²) in [5.74, 6) is 0.554.